The van der Waals surface area contributed by atoms with Crippen molar-refractivity contribution in [1.29, 1.82) is 0 Å². The number of piperidine rings is 1. The Morgan fingerprint density at radius 2 is 2.07 bits per heavy atom. The van der Waals surface area contributed by atoms with Crippen molar-refractivity contribution in [2.24, 2.45) is 0 Å². The number of rotatable bonds is 5. The van der Waals surface area contributed by atoms with E-state index in [0.717, 1.165) is 50.5 Å². The Morgan fingerprint density at radius 1 is 1.33 bits per heavy atom. The maximum atomic E-state index is 5.87. The third-order valence-electron chi connectivity index (χ3n) is 5.35. The Bertz CT molecular complexity index is 612. The van der Waals surface area contributed by atoms with Gasteiger partial charge in [-0.15, -0.1) is 0 Å². The van der Waals surface area contributed by atoms with Gasteiger partial charge in [-0.2, -0.15) is 0 Å². The molecule has 3 heterocycles. The fourth-order valence-electron chi connectivity index (χ4n) is 4.66. The normalized spacial score (nSPS) is 24.5. The van der Waals surface area contributed by atoms with E-state index in [1.165, 1.54) is 5.56 Å². The van der Waals surface area contributed by atoms with Crippen LogP contribution in [0.15, 0.2) is 24.5 Å². The Balaban J connectivity index is 1.67. The molecule has 1 atom stereocenters. The molecule has 1 aromatic heterocycles. The van der Waals surface area contributed by atoms with Gasteiger partial charge in [0.15, 0.2) is 5.11 Å². The van der Waals surface area contributed by atoms with Crippen molar-refractivity contribution in [3.63, 3.8) is 0 Å². The first-order chi connectivity index (χ1) is 12.7. The van der Waals surface area contributed by atoms with Crippen LogP contribution >= 0.6 is 12.2 Å². The molecule has 2 aliphatic rings. The smallest absolute Gasteiger partial charge is 0.169 e. The van der Waals surface area contributed by atoms with E-state index in [2.05, 4.69) is 54.3 Å². The predicted octanol–water partition coefficient (Wildman–Crippen LogP) is 3.25. The van der Waals surface area contributed by atoms with Crippen LogP contribution in [0.3, 0.4) is 0 Å². The predicted molar refractivity (Wildman–Crippen MR) is 114 cm³/mol. The number of ether oxygens (including phenoxy) is 1. The van der Waals surface area contributed by atoms with Crippen LogP contribution in [-0.4, -0.2) is 51.4 Å². The van der Waals surface area contributed by atoms with Gasteiger partial charge in [0, 0.05) is 49.2 Å². The van der Waals surface area contributed by atoms with Crippen molar-refractivity contribution in [1.82, 2.24) is 20.5 Å². The van der Waals surface area contributed by atoms with Crippen LogP contribution in [0.25, 0.3) is 0 Å². The Kier molecular flexibility index (Phi) is 6.39. The lowest BCUT2D eigenvalue weighted by molar-refractivity contribution is 0.0886. The van der Waals surface area contributed by atoms with Crippen molar-refractivity contribution in [2.45, 2.75) is 83.1 Å². The van der Waals surface area contributed by atoms with Crippen molar-refractivity contribution >= 4 is 17.3 Å². The minimum atomic E-state index is 0.0950. The Morgan fingerprint density at radius 3 is 2.67 bits per heavy atom. The molecule has 6 heteroatoms. The molecule has 2 aliphatic heterocycles. The monoisotopic (exact) mass is 390 g/mol. The number of hydrogen-bond acceptors (Lipinski definition) is 4. The van der Waals surface area contributed by atoms with Crippen LogP contribution in [-0.2, 0) is 11.3 Å². The molecule has 3 rings (SSSR count). The molecule has 2 saturated heterocycles. The number of thiocarbonyl (C=S) groups is 1. The van der Waals surface area contributed by atoms with E-state index in [9.17, 15) is 0 Å². The quantitative estimate of drug-likeness (QED) is 0.753. The summed E-state index contributed by atoms with van der Waals surface area (Å²) in [6.45, 7) is 11.5. The van der Waals surface area contributed by atoms with Crippen LogP contribution in [0.4, 0.5) is 0 Å². The lowest BCUT2D eigenvalue weighted by Gasteiger charge is -2.47. The van der Waals surface area contributed by atoms with Crippen LogP contribution in [0.1, 0.15) is 58.9 Å². The van der Waals surface area contributed by atoms with Gasteiger partial charge in [0.1, 0.15) is 0 Å². The molecule has 0 radical (unpaired) electrons. The summed E-state index contributed by atoms with van der Waals surface area (Å²) in [4.78, 5) is 6.51. The number of pyridine rings is 1. The van der Waals surface area contributed by atoms with Gasteiger partial charge >= 0.3 is 0 Å². The SMILES string of the molecule is CC1(C)CC(NC(=S)N(Cc2cccnc2)CC2CCCO2)CC(C)(C)N1. The zero-order valence-electron chi connectivity index (χ0n) is 17.1. The molecular formula is C21H34N4OS. The summed E-state index contributed by atoms with van der Waals surface area (Å²) in [5.74, 6) is 0. The molecule has 2 N–H and O–H groups in total. The number of hydrogen-bond donors (Lipinski definition) is 2. The molecule has 150 valence electrons. The van der Waals surface area contributed by atoms with Crippen LogP contribution in [0, 0.1) is 0 Å². The lowest BCUT2D eigenvalue weighted by Crippen LogP contribution is -2.63. The van der Waals surface area contributed by atoms with Gasteiger partial charge in [-0.3, -0.25) is 4.98 Å². The molecule has 0 aliphatic carbocycles. The fraction of sp³-hybridized carbons (Fsp3) is 0.714. The topological polar surface area (TPSA) is 49.4 Å². The molecule has 27 heavy (non-hydrogen) atoms. The fourth-order valence-corrected chi connectivity index (χ4v) is 4.96. The minimum Gasteiger partial charge on any atom is -0.376 e. The summed E-state index contributed by atoms with van der Waals surface area (Å²) in [6, 6.07) is 4.45. The first kappa shape index (κ1) is 20.5. The molecule has 0 spiro atoms. The second kappa shape index (κ2) is 8.41. The molecule has 1 unspecified atom stereocenters. The van der Waals surface area contributed by atoms with Crippen molar-refractivity contribution in [3.8, 4) is 0 Å². The summed E-state index contributed by atoms with van der Waals surface area (Å²) >= 11 is 5.86. The van der Waals surface area contributed by atoms with Gasteiger partial charge in [0.2, 0.25) is 0 Å². The van der Waals surface area contributed by atoms with E-state index in [1.54, 1.807) is 0 Å². The van der Waals surface area contributed by atoms with Crippen molar-refractivity contribution in [2.75, 3.05) is 13.2 Å². The first-order valence-electron chi connectivity index (χ1n) is 10.1. The highest BCUT2D eigenvalue weighted by Crippen LogP contribution is 2.28. The average molecular weight is 391 g/mol. The van der Waals surface area contributed by atoms with E-state index < -0.39 is 0 Å². The second-order valence-electron chi connectivity index (χ2n) is 9.32. The molecule has 5 nitrogen and oxygen atoms in total. The second-order valence-corrected chi connectivity index (χ2v) is 9.71. The van der Waals surface area contributed by atoms with Gasteiger partial charge in [0.25, 0.3) is 0 Å². The molecule has 0 amide bonds. The third kappa shape index (κ3) is 6.13. The maximum Gasteiger partial charge on any atom is 0.169 e. The maximum absolute atomic E-state index is 5.87. The standard InChI is InChI=1S/C21H34N4OS/c1-20(2)11-17(12-21(3,4)24-20)23-19(27)25(15-18-8-6-10-26-18)14-16-7-5-9-22-13-16/h5,7,9,13,17-18,24H,6,8,10-12,14-15H2,1-4H3,(H,23,27). The minimum absolute atomic E-state index is 0.0950. The summed E-state index contributed by atoms with van der Waals surface area (Å²) < 4.78 is 5.87. The average Bonchev–Trinajstić information content (AvgIpc) is 3.05. The van der Waals surface area contributed by atoms with E-state index in [-0.39, 0.29) is 17.2 Å². The van der Waals surface area contributed by atoms with Crippen LogP contribution in [0.5, 0.6) is 0 Å². The van der Waals surface area contributed by atoms with E-state index >= 15 is 0 Å². The molecule has 0 saturated carbocycles. The number of aromatic nitrogens is 1. The zero-order chi connectivity index (χ0) is 19.5. The Hall–Kier alpha value is -1.24. The van der Waals surface area contributed by atoms with Gasteiger partial charge in [-0.25, -0.2) is 0 Å². The zero-order valence-corrected chi connectivity index (χ0v) is 17.9. The van der Waals surface area contributed by atoms with E-state index in [0.29, 0.717) is 6.04 Å². The summed E-state index contributed by atoms with van der Waals surface area (Å²) in [6.07, 6.45) is 8.35. The molecule has 0 aromatic carbocycles. The molecule has 2 fully saturated rings. The highest BCUT2D eigenvalue weighted by Gasteiger charge is 2.38. The van der Waals surface area contributed by atoms with Crippen molar-refractivity contribution < 1.29 is 4.74 Å². The third-order valence-corrected chi connectivity index (χ3v) is 5.73. The van der Waals surface area contributed by atoms with Crippen LogP contribution in [0.2, 0.25) is 0 Å². The molecular weight excluding hydrogens is 356 g/mol. The molecule has 1 aromatic rings. The van der Waals surface area contributed by atoms with Crippen LogP contribution < -0.4 is 10.6 Å². The first-order valence-corrected chi connectivity index (χ1v) is 10.5. The van der Waals surface area contributed by atoms with E-state index in [4.69, 9.17) is 17.0 Å². The summed E-state index contributed by atoms with van der Waals surface area (Å²) in [5.41, 5.74) is 1.36. The van der Waals surface area contributed by atoms with Gasteiger partial charge < -0.3 is 20.3 Å². The molecule has 0 bridgehead atoms. The van der Waals surface area contributed by atoms with E-state index in [1.807, 2.05) is 18.5 Å². The number of nitrogens with zero attached hydrogens (tertiary/aromatic N) is 2. The highest BCUT2D eigenvalue weighted by atomic mass is 32.1. The summed E-state index contributed by atoms with van der Waals surface area (Å²) in [7, 11) is 0. The van der Waals surface area contributed by atoms with Gasteiger partial charge in [-0.1, -0.05) is 6.07 Å². The lowest BCUT2D eigenvalue weighted by atomic mass is 9.80. The number of nitrogens with one attached hydrogen (secondary N) is 2. The van der Waals surface area contributed by atoms with Gasteiger partial charge in [0.05, 0.1) is 6.10 Å². The Labute approximate surface area is 169 Å². The van der Waals surface area contributed by atoms with Gasteiger partial charge in [-0.05, 0) is 77.2 Å². The van der Waals surface area contributed by atoms with Crippen molar-refractivity contribution in [3.05, 3.63) is 30.1 Å². The highest BCUT2D eigenvalue weighted by molar-refractivity contribution is 7.80. The largest absolute Gasteiger partial charge is 0.376 e. The summed E-state index contributed by atoms with van der Waals surface area (Å²) in [5, 5.41) is 8.23.